The van der Waals surface area contributed by atoms with Crippen molar-refractivity contribution in [2.75, 3.05) is 0 Å². The quantitative estimate of drug-likeness (QED) is 0.797. The summed E-state index contributed by atoms with van der Waals surface area (Å²) < 4.78 is 0. The third-order valence-electron chi connectivity index (χ3n) is 4.30. The van der Waals surface area contributed by atoms with Crippen molar-refractivity contribution in [2.45, 2.75) is 32.9 Å². The Morgan fingerprint density at radius 1 is 1.14 bits per heavy atom. The molecule has 0 fully saturated rings. The van der Waals surface area contributed by atoms with Gasteiger partial charge in [0.25, 0.3) is 0 Å². The average Bonchev–Trinajstić information content (AvgIpc) is 2.68. The summed E-state index contributed by atoms with van der Waals surface area (Å²) in [6.07, 6.45) is 1.07. The molecule has 21 heavy (non-hydrogen) atoms. The van der Waals surface area contributed by atoms with Crippen molar-refractivity contribution in [3.05, 3.63) is 69.2 Å². The van der Waals surface area contributed by atoms with Gasteiger partial charge in [0, 0.05) is 22.6 Å². The van der Waals surface area contributed by atoms with E-state index < -0.39 is 0 Å². The smallest absolute Gasteiger partial charge is 0.0450 e. The lowest BCUT2D eigenvalue weighted by atomic mass is 9.85. The number of nitrogens with one attached hydrogen (secondary N) is 1. The summed E-state index contributed by atoms with van der Waals surface area (Å²) in [7, 11) is 0. The summed E-state index contributed by atoms with van der Waals surface area (Å²) in [5, 5.41) is 5.28. The van der Waals surface area contributed by atoms with E-state index in [1.807, 2.05) is 24.3 Å². The van der Waals surface area contributed by atoms with Crippen LogP contribution in [-0.2, 0) is 13.0 Å². The molecule has 1 N–H and O–H groups in total. The van der Waals surface area contributed by atoms with Crippen LogP contribution >= 0.6 is 23.2 Å². The second-order valence-electron chi connectivity index (χ2n) is 6.41. The summed E-state index contributed by atoms with van der Waals surface area (Å²) in [5.41, 5.74) is 4.01. The maximum atomic E-state index is 6.25. The van der Waals surface area contributed by atoms with E-state index in [-0.39, 0.29) is 5.41 Å². The van der Waals surface area contributed by atoms with Crippen molar-refractivity contribution in [1.82, 2.24) is 5.32 Å². The fourth-order valence-corrected chi connectivity index (χ4v) is 3.63. The van der Waals surface area contributed by atoms with Crippen LogP contribution in [0.4, 0.5) is 0 Å². The van der Waals surface area contributed by atoms with Crippen LogP contribution in [0.1, 0.15) is 36.6 Å². The van der Waals surface area contributed by atoms with E-state index in [1.165, 1.54) is 11.1 Å². The lowest BCUT2D eigenvalue weighted by Crippen LogP contribution is -2.30. The van der Waals surface area contributed by atoms with Gasteiger partial charge in [0.05, 0.1) is 0 Å². The predicted molar refractivity (Wildman–Crippen MR) is 90.0 cm³/mol. The molecule has 2 aromatic carbocycles. The predicted octanol–water partition coefficient (Wildman–Crippen LogP) is 5.41. The van der Waals surface area contributed by atoms with Crippen LogP contribution in [0.5, 0.6) is 0 Å². The molecule has 2 aromatic rings. The van der Waals surface area contributed by atoms with E-state index in [1.54, 1.807) is 0 Å². The zero-order valence-corrected chi connectivity index (χ0v) is 13.8. The van der Waals surface area contributed by atoms with Crippen molar-refractivity contribution in [3.8, 4) is 0 Å². The Balaban J connectivity index is 1.85. The topological polar surface area (TPSA) is 12.0 Å². The molecular weight excluding hydrogens is 301 g/mol. The fourth-order valence-electron chi connectivity index (χ4n) is 3.25. The van der Waals surface area contributed by atoms with Crippen LogP contribution < -0.4 is 5.32 Å². The van der Waals surface area contributed by atoms with Crippen molar-refractivity contribution in [2.24, 2.45) is 5.41 Å². The molecule has 1 unspecified atom stereocenters. The zero-order valence-electron chi connectivity index (χ0n) is 12.3. The minimum Gasteiger partial charge on any atom is -0.305 e. The van der Waals surface area contributed by atoms with Crippen LogP contribution in [0.2, 0.25) is 10.0 Å². The summed E-state index contributed by atoms with van der Waals surface area (Å²) in [6.45, 7) is 5.36. The van der Waals surface area contributed by atoms with Crippen LogP contribution in [0.3, 0.4) is 0 Å². The Bertz CT molecular complexity index is 664. The highest BCUT2D eigenvalue weighted by Crippen LogP contribution is 2.46. The molecular formula is C18H19Cl2N. The minimum atomic E-state index is 0.175. The molecule has 1 aliphatic rings. The number of fused-ring (bicyclic) bond motifs is 1. The zero-order chi connectivity index (χ0) is 15.0. The van der Waals surface area contributed by atoms with Gasteiger partial charge in [0.1, 0.15) is 0 Å². The van der Waals surface area contributed by atoms with Gasteiger partial charge >= 0.3 is 0 Å². The van der Waals surface area contributed by atoms with Gasteiger partial charge in [-0.1, -0.05) is 61.3 Å². The van der Waals surface area contributed by atoms with Gasteiger partial charge in [-0.3, -0.25) is 0 Å². The molecule has 0 spiro atoms. The fraction of sp³-hybridized carbons (Fsp3) is 0.333. The average molecular weight is 320 g/mol. The Kier molecular flexibility index (Phi) is 4.00. The molecule has 3 rings (SSSR count). The Hall–Kier alpha value is -1.02. The standard InChI is InChI=1S/C18H19Cl2N/c1-18(2)10-12-7-8-14(19)9-15(12)17(18)21-11-13-5-3-4-6-16(13)20/h3-9,17,21H,10-11H2,1-2H3. The van der Waals surface area contributed by atoms with Gasteiger partial charge in [-0.2, -0.15) is 0 Å². The first-order chi connectivity index (χ1) is 9.97. The number of hydrogen-bond acceptors (Lipinski definition) is 1. The first-order valence-corrected chi connectivity index (χ1v) is 7.98. The van der Waals surface area contributed by atoms with Gasteiger partial charge < -0.3 is 5.32 Å². The monoisotopic (exact) mass is 319 g/mol. The number of hydrogen-bond donors (Lipinski definition) is 1. The molecule has 0 aromatic heterocycles. The number of benzene rings is 2. The Morgan fingerprint density at radius 3 is 2.67 bits per heavy atom. The van der Waals surface area contributed by atoms with E-state index in [0.717, 1.165) is 28.6 Å². The molecule has 0 bridgehead atoms. The molecule has 110 valence electrons. The summed E-state index contributed by atoms with van der Waals surface area (Å²) >= 11 is 12.4. The molecule has 1 nitrogen and oxygen atoms in total. The minimum absolute atomic E-state index is 0.175. The highest BCUT2D eigenvalue weighted by molar-refractivity contribution is 6.31. The highest BCUT2D eigenvalue weighted by Gasteiger charge is 2.38. The van der Waals surface area contributed by atoms with Crippen molar-refractivity contribution in [1.29, 1.82) is 0 Å². The van der Waals surface area contributed by atoms with Crippen LogP contribution in [0, 0.1) is 5.41 Å². The van der Waals surface area contributed by atoms with Crippen LogP contribution in [0.15, 0.2) is 42.5 Å². The lowest BCUT2D eigenvalue weighted by molar-refractivity contribution is 0.268. The molecule has 1 aliphatic carbocycles. The highest BCUT2D eigenvalue weighted by atomic mass is 35.5. The number of halogens is 2. The van der Waals surface area contributed by atoms with Crippen LogP contribution in [0.25, 0.3) is 0 Å². The van der Waals surface area contributed by atoms with Gasteiger partial charge in [-0.05, 0) is 46.7 Å². The second kappa shape index (κ2) is 5.64. The first kappa shape index (κ1) is 14.9. The van der Waals surface area contributed by atoms with Crippen molar-refractivity contribution < 1.29 is 0 Å². The van der Waals surface area contributed by atoms with E-state index in [0.29, 0.717) is 6.04 Å². The van der Waals surface area contributed by atoms with E-state index >= 15 is 0 Å². The van der Waals surface area contributed by atoms with Gasteiger partial charge in [0.15, 0.2) is 0 Å². The van der Waals surface area contributed by atoms with Gasteiger partial charge in [-0.15, -0.1) is 0 Å². The molecule has 0 amide bonds. The first-order valence-electron chi connectivity index (χ1n) is 7.22. The largest absolute Gasteiger partial charge is 0.305 e. The maximum Gasteiger partial charge on any atom is 0.0450 e. The van der Waals surface area contributed by atoms with Crippen molar-refractivity contribution >= 4 is 23.2 Å². The van der Waals surface area contributed by atoms with E-state index in [9.17, 15) is 0 Å². The maximum absolute atomic E-state index is 6.25. The normalized spacial score (nSPS) is 19.5. The molecule has 0 radical (unpaired) electrons. The van der Waals surface area contributed by atoms with E-state index in [4.69, 9.17) is 23.2 Å². The Labute approximate surface area is 136 Å². The number of rotatable bonds is 3. The summed E-state index contributed by atoms with van der Waals surface area (Å²) in [4.78, 5) is 0. The van der Waals surface area contributed by atoms with Gasteiger partial charge in [0.2, 0.25) is 0 Å². The molecule has 0 saturated carbocycles. The van der Waals surface area contributed by atoms with Crippen LogP contribution in [-0.4, -0.2) is 0 Å². The molecule has 1 atom stereocenters. The third kappa shape index (κ3) is 2.96. The SMILES string of the molecule is CC1(C)Cc2ccc(Cl)cc2C1NCc1ccccc1Cl. The lowest BCUT2D eigenvalue weighted by Gasteiger charge is -2.29. The molecule has 0 heterocycles. The summed E-state index contributed by atoms with van der Waals surface area (Å²) in [5.74, 6) is 0. The summed E-state index contributed by atoms with van der Waals surface area (Å²) in [6, 6.07) is 14.5. The third-order valence-corrected chi connectivity index (χ3v) is 4.90. The van der Waals surface area contributed by atoms with Gasteiger partial charge in [-0.25, -0.2) is 0 Å². The Morgan fingerprint density at radius 2 is 1.90 bits per heavy atom. The molecule has 0 saturated heterocycles. The second-order valence-corrected chi connectivity index (χ2v) is 7.26. The van der Waals surface area contributed by atoms with Crippen molar-refractivity contribution in [3.63, 3.8) is 0 Å². The van der Waals surface area contributed by atoms with E-state index in [2.05, 4.69) is 37.4 Å². The molecule has 0 aliphatic heterocycles. The molecule has 3 heteroatoms.